The largest absolute Gasteiger partial charge is 0.242 e. The van der Waals surface area contributed by atoms with Crippen LogP contribution < -0.4 is 0 Å². The summed E-state index contributed by atoms with van der Waals surface area (Å²) >= 11 is 0. The molecule has 1 aromatic carbocycles. The van der Waals surface area contributed by atoms with Gasteiger partial charge >= 0.3 is 0 Å². The number of hydrogen-bond donors (Lipinski definition) is 0. The lowest BCUT2D eigenvalue weighted by molar-refractivity contribution is 0.590. The van der Waals surface area contributed by atoms with Crippen molar-refractivity contribution in [2.24, 2.45) is 0 Å². The van der Waals surface area contributed by atoms with Gasteiger partial charge in [-0.25, -0.2) is 12.4 Å². The van der Waals surface area contributed by atoms with E-state index in [2.05, 4.69) is 6.07 Å². The van der Waals surface area contributed by atoms with Crippen molar-refractivity contribution in [2.75, 3.05) is 6.26 Å². The zero-order chi connectivity index (χ0) is 14.2. The molecule has 0 N–H and O–H groups in total. The van der Waals surface area contributed by atoms with Crippen LogP contribution in [0.3, 0.4) is 0 Å². The predicted molar refractivity (Wildman–Crippen MR) is 82.7 cm³/mol. The Morgan fingerprint density at radius 1 is 0.950 bits per heavy atom. The van der Waals surface area contributed by atoms with Crippen molar-refractivity contribution in [2.45, 2.75) is 44.9 Å². The number of benzene rings is 1. The third-order valence-corrected chi connectivity index (χ3v) is 5.29. The molecule has 4 heteroatoms. The Balaban J connectivity index is 2.30. The van der Waals surface area contributed by atoms with Crippen molar-refractivity contribution in [3.05, 3.63) is 35.5 Å². The third kappa shape index (κ3) is 2.37. The maximum absolute atomic E-state index is 12.2. The van der Waals surface area contributed by atoms with Crippen LogP contribution in [0.25, 0.3) is 10.9 Å². The molecule has 1 aromatic heterocycles. The van der Waals surface area contributed by atoms with Crippen LogP contribution in [0, 0.1) is 0 Å². The maximum Gasteiger partial charge on any atom is 0.236 e. The van der Waals surface area contributed by atoms with Gasteiger partial charge < -0.3 is 0 Å². The van der Waals surface area contributed by atoms with Gasteiger partial charge in [0.25, 0.3) is 0 Å². The molecule has 0 fully saturated rings. The van der Waals surface area contributed by atoms with Crippen LogP contribution in [0.5, 0.6) is 0 Å². The number of para-hydroxylation sites is 1. The van der Waals surface area contributed by atoms with Gasteiger partial charge in [0.1, 0.15) is 0 Å². The van der Waals surface area contributed by atoms with E-state index in [4.69, 9.17) is 0 Å². The van der Waals surface area contributed by atoms with E-state index in [1.54, 1.807) is 3.97 Å². The van der Waals surface area contributed by atoms with Gasteiger partial charge in [0.05, 0.1) is 11.8 Å². The van der Waals surface area contributed by atoms with Crippen molar-refractivity contribution < 1.29 is 8.42 Å². The summed E-state index contributed by atoms with van der Waals surface area (Å²) in [7, 11) is -3.25. The molecular weight excluding hydrogens is 270 g/mol. The van der Waals surface area contributed by atoms with E-state index in [-0.39, 0.29) is 0 Å². The molecule has 3 nitrogen and oxygen atoms in total. The lowest BCUT2D eigenvalue weighted by Crippen LogP contribution is -2.14. The van der Waals surface area contributed by atoms with Gasteiger partial charge in [-0.15, -0.1) is 0 Å². The Kier molecular flexibility index (Phi) is 3.59. The molecule has 0 saturated carbocycles. The molecule has 0 bridgehead atoms. The molecule has 0 atom stereocenters. The Bertz CT molecular complexity index is 728. The van der Waals surface area contributed by atoms with Crippen LogP contribution in [0.2, 0.25) is 0 Å². The number of aryl methyl sites for hydroxylation is 1. The molecule has 1 aliphatic carbocycles. The lowest BCUT2D eigenvalue weighted by atomic mass is 10.0. The first kappa shape index (κ1) is 13.7. The first-order chi connectivity index (χ1) is 9.59. The van der Waals surface area contributed by atoms with Crippen molar-refractivity contribution in [3.63, 3.8) is 0 Å². The molecular formula is C16H21NO2S. The smallest absolute Gasteiger partial charge is 0.236 e. The molecule has 1 aliphatic rings. The van der Waals surface area contributed by atoms with Crippen molar-refractivity contribution in [3.8, 4) is 0 Å². The molecule has 0 amide bonds. The van der Waals surface area contributed by atoms with E-state index in [0.29, 0.717) is 0 Å². The van der Waals surface area contributed by atoms with E-state index >= 15 is 0 Å². The van der Waals surface area contributed by atoms with Crippen molar-refractivity contribution in [1.29, 1.82) is 0 Å². The van der Waals surface area contributed by atoms with Gasteiger partial charge in [-0.1, -0.05) is 37.5 Å². The van der Waals surface area contributed by atoms with Crippen LogP contribution in [0.15, 0.2) is 24.3 Å². The highest BCUT2D eigenvalue weighted by atomic mass is 32.2. The quantitative estimate of drug-likeness (QED) is 0.806. The van der Waals surface area contributed by atoms with Crippen molar-refractivity contribution >= 4 is 20.9 Å². The fourth-order valence-corrected chi connectivity index (χ4v) is 4.48. The van der Waals surface area contributed by atoms with Crippen LogP contribution in [-0.4, -0.2) is 18.6 Å². The van der Waals surface area contributed by atoms with Gasteiger partial charge in [0.2, 0.25) is 10.0 Å². The number of rotatable bonds is 1. The van der Waals surface area contributed by atoms with Gasteiger partial charge in [-0.05, 0) is 37.3 Å². The third-order valence-electron chi connectivity index (χ3n) is 4.21. The van der Waals surface area contributed by atoms with Gasteiger partial charge in [-0.2, -0.15) is 0 Å². The average molecular weight is 291 g/mol. The Labute approximate surface area is 120 Å². The topological polar surface area (TPSA) is 39.1 Å². The zero-order valence-electron chi connectivity index (χ0n) is 11.9. The van der Waals surface area contributed by atoms with Crippen LogP contribution in [0.4, 0.5) is 0 Å². The number of hydrogen-bond acceptors (Lipinski definition) is 2. The first-order valence-corrected chi connectivity index (χ1v) is 9.25. The molecule has 0 saturated heterocycles. The summed E-state index contributed by atoms with van der Waals surface area (Å²) in [5, 5.41) is 1.12. The molecule has 3 rings (SSSR count). The second kappa shape index (κ2) is 5.24. The molecule has 2 aromatic rings. The summed E-state index contributed by atoms with van der Waals surface area (Å²) in [5.41, 5.74) is 3.13. The summed E-state index contributed by atoms with van der Waals surface area (Å²) < 4.78 is 26.0. The fourth-order valence-electron chi connectivity index (χ4n) is 3.36. The minimum atomic E-state index is -3.25. The monoisotopic (exact) mass is 291 g/mol. The van der Waals surface area contributed by atoms with Gasteiger partial charge in [-0.3, -0.25) is 0 Å². The van der Waals surface area contributed by atoms with E-state index in [1.807, 2.05) is 18.2 Å². The average Bonchev–Trinajstić information content (AvgIpc) is 2.75. The highest BCUT2D eigenvalue weighted by molar-refractivity contribution is 7.89. The maximum atomic E-state index is 12.2. The van der Waals surface area contributed by atoms with Crippen LogP contribution in [-0.2, 0) is 22.9 Å². The van der Waals surface area contributed by atoms with Gasteiger partial charge in [0, 0.05) is 11.1 Å². The van der Waals surface area contributed by atoms with E-state index in [0.717, 1.165) is 42.3 Å². The normalized spacial score (nSPS) is 17.2. The Hall–Kier alpha value is -1.29. The van der Waals surface area contributed by atoms with Crippen LogP contribution >= 0.6 is 0 Å². The second-order valence-electron chi connectivity index (χ2n) is 5.74. The van der Waals surface area contributed by atoms with E-state index < -0.39 is 10.0 Å². The number of nitrogens with zero attached hydrogens (tertiary/aromatic N) is 1. The Morgan fingerprint density at radius 3 is 2.35 bits per heavy atom. The lowest BCUT2D eigenvalue weighted by Gasteiger charge is -2.09. The summed E-state index contributed by atoms with van der Waals surface area (Å²) in [4.78, 5) is 0. The minimum Gasteiger partial charge on any atom is -0.242 e. The minimum absolute atomic E-state index is 0.848. The van der Waals surface area contributed by atoms with Gasteiger partial charge in [0.15, 0.2) is 0 Å². The molecule has 1 heterocycles. The van der Waals surface area contributed by atoms with E-state index in [9.17, 15) is 8.42 Å². The predicted octanol–water partition coefficient (Wildman–Crippen LogP) is 3.50. The van der Waals surface area contributed by atoms with E-state index in [1.165, 1.54) is 31.1 Å². The zero-order valence-corrected chi connectivity index (χ0v) is 12.7. The number of aromatic nitrogens is 1. The summed E-state index contributed by atoms with van der Waals surface area (Å²) in [5.74, 6) is 0. The SMILES string of the molecule is CS(=O)(=O)n1c2c(c3ccccc31)CCCCCCC2. The molecule has 0 aliphatic heterocycles. The molecule has 20 heavy (non-hydrogen) atoms. The molecule has 0 spiro atoms. The Morgan fingerprint density at radius 2 is 1.60 bits per heavy atom. The second-order valence-corrected chi connectivity index (χ2v) is 7.57. The summed E-state index contributed by atoms with van der Waals surface area (Å²) in [6, 6.07) is 7.91. The molecule has 0 unspecified atom stereocenters. The fraction of sp³-hybridized carbons (Fsp3) is 0.500. The standard InChI is InChI=1S/C16H21NO2S/c1-20(18,19)17-15-11-6-4-2-3-5-9-13(15)14-10-7-8-12-16(14)17/h7-8,10,12H,2-6,9,11H2,1H3. The number of fused-ring (bicyclic) bond motifs is 3. The van der Waals surface area contributed by atoms with Crippen LogP contribution in [0.1, 0.15) is 43.4 Å². The molecule has 0 radical (unpaired) electrons. The highest BCUT2D eigenvalue weighted by Gasteiger charge is 2.22. The highest BCUT2D eigenvalue weighted by Crippen LogP contribution is 2.31. The molecule has 108 valence electrons. The summed E-state index contributed by atoms with van der Waals surface area (Å²) in [6.07, 6.45) is 9.13. The summed E-state index contributed by atoms with van der Waals surface area (Å²) in [6.45, 7) is 0. The van der Waals surface area contributed by atoms with Crippen molar-refractivity contribution in [1.82, 2.24) is 3.97 Å². The first-order valence-electron chi connectivity index (χ1n) is 7.41.